The van der Waals surface area contributed by atoms with Gasteiger partial charge in [0.2, 0.25) is 5.91 Å². The Bertz CT molecular complexity index is 463. The summed E-state index contributed by atoms with van der Waals surface area (Å²) in [6.45, 7) is 3.79. The third-order valence-electron chi connectivity index (χ3n) is 3.02. The van der Waals surface area contributed by atoms with Crippen LogP contribution in [0.1, 0.15) is 17.5 Å². The van der Waals surface area contributed by atoms with Crippen LogP contribution in [0.15, 0.2) is 18.2 Å². The van der Waals surface area contributed by atoms with Gasteiger partial charge in [-0.15, -0.1) is 0 Å². The quantitative estimate of drug-likeness (QED) is 0.830. The molecule has 0 radical (unpaired) electrons. The fraction of sp³-hybridized carbons (Fsp3) is 0.429. The van der Waals surface area contributed by atoms with E-state index in [4.69, 9.17) is 0 Å². The number of nitrogens with zero attached hydrogens (tertiary/aromatic N) is 1. The van der Waals surface area contributed by atoms with Crippen LogP contribution in [0, 0.1) is 13.8 Å². The summed E-state index contributed by atoms with van der Waals surface area (Å²) < 4.78 is 0. The molecule has 104 valence electrons. The Morgan fingerprint density at radius 2 is 1.79 bits per heavy atom. The summed E-state index contributed by atoms with van der Waals surface area (Å²) in [5, 5.41) is 13.7. The highest BCUT2D eigenvalue weighted by Gasteiger charge is 2.18. The maximum absolute atomic E-state index is 11.9. The number of likely N-dealkylation sites (N-methyl/N-ethyl adjacent to an activating group) is 1. The molecule has 5 heteroatoms. The number of rotatable bonds is 5. The largest absolute Gasteiger partial charge is 0.548 e. The molecule has 1 N–H and O–H groups in total. The number of carboxylic acid groups (broad SMARTS) is 1. The van der Waals surface area contributed by atoms with E-state index in [1.165, 1.54) is 4.90 Å². The number of anilines is 1. The molecule has 1 aromatic carbocycles. The third kappa shape index (κ3) is 4.06. The predicted octanol–water partition coefficient (Wildman–Crippen LogP) is 0.312. The van der Waals surface area contributed by atoms with E-state index in [0.717, 1.165) is 16.8 Å². The lowest BCUT2D eigenvalue weighted by atomic mass is 10.1. The van der Waals surface area contributed by atoms with Crippen LogP contribution in [-0.4, -0.2) is 36.9 Å². The molecular formula is C14H19N2O3-. The number of nitrogens with one attached hydrogen (secondary N) is 1. The van der Waals surface area contributed by atoms with Crippen molar-refractivity contribution >= 4 is 17.6 Å². The van der Waals surface area contributed by atoms with Crippen LogP contribution in [0.5, 0.6) is 0 Å². The topological polar surface area (TPSA) is 72.5 Å². The summed E-state index contributed by atoms with van der Waals surface area (Å²) >= 11 is 0. The monoisotopic (exact) mass is 263 g/mol. The van der Waals surface area contributed by atoms with E-state index in [2.05, 4.69) is 5.32 Å². The average Bonchev–Trinajstić information content (AvgIpc) is 2.30. The molecule has 0 heterocycles. The summed E-state index contributed by atoms with van der Waals surface area (Å²) in [5.74, 6) is -1.58. The molecule has 1 unspecified atom stereocenters. The zero-order valence-electron chi connectivity index (χ0n) is 11.7. The van der Waals surface area contributed by atoms with Crippen molar-refractivity contribution in [3.05, 3.63) is 29.3 Å². The Kier molecular flexibility index (Phi) is 5.06. The molecule has 0 spiro atoms. The van der Waals surface area contributed by atoms with Gasteiger partial charge < -0.3 is 20.1 Å². The number of aryl methyl sites for hydroxylation is 2. The number of amides is 1. The van der Waals surface area contributed by atoms with Crippen LogP contribution in [-0.2, 0) is 9.59 Å². The summed E-state index contributed by atoms with van der Waals surface area (Å²) in [7, 11) is 3.21. The van der Waals surface area contributed by atoms with E-state index >= 15 is 0 Å². The van der Waals surface area contributed by atoms with Crippen LogP contribution in [0.2, 0.25) is 0 Å². The first-order valence-electron chi connectivity index (χ1n) is 6.06. The van der Waals surface area contributed by atoms with Crippen LogP contribution in [0.25, 0.3) is 0 Å². The van der Waals surface area contributed by atoms with Crippen molar-refractivity contribution in [3.8, 4) is 0 Å². The van der Waals surface area contributed by atoms with Crippen LogP contribution in [0.4, 0.5) is 5.69 Å². The minimum atomic E-state index is -1.25. The molecule has 0 bridgehead atoms. The van der Waals surface area contributed by atoms with Crippen molar-refractivity contribution in [2.45, 2.75) is 26.3 Å². The number of carbonyl (C=O) groups excluding carboxylic acids is 2. The minimum absolute atomic E-state index is 0.136. The molecular weight excluding hydrogens is 244 g/mol. The van der Waals surface area contributed by atoms with Crippen LogP contribution >= 0.6 is 0 Å². The second kappa shape index (κ2) is 6.33. The fourth-order valence-corrected chi connectivity index (χ4v) is 1.85. The first-order valence-corrected chi connectivity index (χ1v) is 6.06. The summed E-state index contributed by atoms with van der Waals surface area (Å²) in [6.07, 6.45) is -0.136. The van der Waals surface area contributed by atoms with Gasteiger partial charge in [0.05, 0.1) is 12.0 Å². The van der Waals surface area contributed by atoms with Crippen molar-refractivity contribution in [1.29, 1.82) is 0 Å². The Morgan fingerprint density at radius 1 is 1.26 bits per heavy atom. The van der Waals surface area contributed by atoms with Gasteiger partial charge in [-0.2, -0.15) is 0 Å². The predicted molar refractivity (Wildman–Crippen MR) is 71.6 cm³/mol. The Balaban J connectivity index is 2.78. The molecule has 0 fully saturated rings. The Hall–Kier alpha value is -1.88. The SMILES string of the molecule is Cc1cccc(C)c1NC(=O)CC(C(=O)[O-])N(C)C. The molecule has 0 saturated carbocycles. The van der Waals surface area contributed by atoms with E-state index in [-0.39, 0.29) is 12.3 Å². The van der Waals surface area contributed by atoms with Gasteiger partial charge in [-0.3, -0.25) is 4.79 Å². The summed E-state index contributed by atoms with van der Waals surface area (Å²) in [6, 6.07) is 4.77. The van der Waals surface area contributed by atoms with E-state index < -0.39 is 12.0 Å². The number of hydrogen-bond donors (Lipinski definition) is 1. The molecule has 0 saturated heterocycles. The van der Waals surface area contributed by atoms with Gasteiger partial charge in [0.15, 0.2) is 0 Å². The maximum atomic E-state index is 11.9. The van der Waals surface area contributed by atoms with Crippen LogP contribution < -0.4 is 10.4 Å². The molecule has 1 rings (SSSR count). The molecule has 0 aliphatic heterocycles. The summed E-state index contributed by atoms with van der Waals surface area (Å²) in [5.41, 5.74) is 2.63. The van der Waals surface area contributed by atoms with Gasteiger partial charge in [-0.25, -0.2) is 0 Å². The maximum Gasteiger partial charge on any atom is 0.226 e. The number of para-hydroxylation sites is 1. The molecule has 1 aromatic rings. The smallest absolute Gasteiger partial charge is 0.226 e. The second-order valence-corrected chi connectivity index (χ2v) is 4.82. The molecule has 5 nitrogen and oxygen atoms in total. The fourth-order valence-electron chi connectivity index (χ4n) is 1.85. The lowest BCUT2D eigenvalue weighted by Gasteiger charge is -2.24. The average molecular weight is 263 g/mol. The zero-order chi connectivity index (χ0) is 14.6. The number of aliphatic carboxylic acids is 1. The van der Waals surface area contributed by atoms with Crippen molar-refractivity contribution in [1.82, 2.24) is 4.90 Å². The first kappa shape index (κ1) is 15.2. The molecule has 1 atom stereocenters. The number of hydrogen-bond acceptors (Lipinski definition) is 4. The first-order chi connectivity index (χ1) is 8.82. The zero-order valence-corrected chi connectivity index (χ0v) is 11.7. The highest BCUT2D eigenvalue weighted by atomic mass is 16.4. The van der Waals surface area contributed by atoms with Crippen molar-refractivity contribution < 1.29 is 14.7 Å². The van der Waals surface area contributed by atoms with Gasteiger partial charge in [0.1, 0.15) is 0 Å². The van der Waals surface area contributed by atoms with E-state index in [0.29, 0.717) is 0 Å². The Morgan fingerprint density at radius 3 is 2.21 bits per heavy atom. The number of benzene rings is 1. The third-order valence-corrected chi connectivity index (χ3v) is 3.02. The summed E-state index contributed by atoms with van der Waals surface area (Å²) in [4.78, 5) is 24.3. The number of carboxylic acids is 1. The second-order valence-electron chi connectivity index (χ2n) is 4.82. The van der Waals surface area contributed by atoms with Crippen molar-refractivity contribution in [2.75, 3.05) is 19.4 Å². The molecule has 0 aliphatic carbocycles. The molecule has 19 heavy (non-hydrogen) atoms. The molecule has 0 aromatic heterocycles. The highest BCUT2D eigenvalue weighted by Crippen LogP contribution is 2.19. The lowest BCUT2D eigenvalue weighted by molar-refractivity contribution is -0.311. The Labute approximate surface area is 113 Å². The van der Waals surface area contributed by atoms with E-state index in [1.54, 1.807) is 14.1 Å². The van der Waals surface area contributed by atoms with Gasteiger partial charge >= 0.3 is 0 Å². The standard InChI is InChI=1S/C14H20N2O3/c1-9-6-5-7-10(2)13(9)15-12(17)8-11(14(18)19)16(3)4/h5-7,11H,8H2,1-4H3,(H,15,17)(H,18,19)/p-1. The molecule has 1 amide bonds. The van der Waals surface area contributed by atoms with Gasteiger partial charge in [0.25, 0.3) is 0 Å². The van der Waals surface area contributed by atoms with Gasteiger partial charge in [0, 0.05) is 12.1 Å². The minimum Gasteiger partial charge on any atom is -0.548 e. The highest BCUT2D eigenvalue weighted by molar-refractivity contribution is 5.95. The normalized spacial score (nSPS) is 12.3. The van der Waals surface area contributed by atoms with E-state index in [1.807, 2.05) is 32.0 Å². The number of carbonyl (C=O) groups is 2. The lowest BCUT2D eigenvalue weighted by Crippen LogP contribution is -2.46. The van der Waals surface area contributed by atoms with Gasteiger partial charge in [-0.05, 0) is 39.1 Å². The van der Waals surface area contributed by atoms with Crippen molar-refractivity contribution in [2.24, 2.45) is 0 Å². The molecule has 0 aliphatic rings. The van der Waals surface area contributed by atoms with Crippen molar-refractivity contribution in [3.63, 3.8) is 0 Å². The van der Waals surface area contributed by atoms with E-state index in [9.17, 15) is 14.7 Å². The van der Waals surface area contributed by atoms with Gasteiger partial charge in [-0.1, -0.05) is 18.2 Å². The van der Waals surface area contributed by atoms with Crippen LogP contribution in [0.3, 0.4) is 0 Å².